The van der Waals surface area contributed by atoms with Crippen molar-refractivity contribution in [3.63, 3.8) is 0 Å². The van der Waals surface area contributed by atoms with Gasteiger partial charge in [0.25, 0.3) is 0 Å². The average Bonchev–Trinajstić information content (AvgIpc) is 2.47. The number of thioether (sulfide) groups is 1. The second kappa shape index (κ2) is 10.9. The van der Waals surface area contributed by atoms with E-state index in [0.29, 0.717) is 0 Å². The second-order valence-corrected chi connectivity index (χ2v) is 6.81. The van der Waals surface area contributed by atoms with E-state index in [1.807, 2.05) is 0 Å². The van der Waals surface area contributed by atoms with Gasteiger partial charge in [0.2, 0.25) is 0 Å². The van der Waals surface area contributed by atoms with Crippen LogP contribution in [0, 0.1) is 0 Å². The van der Waals surface area contributed by atoms with Gasteiger partial charge < -0.3 is 14.4 Å². The van der Waals surface area contributed by atoms with Crippen LogP contribution in [0.2, 0.25) is 0 Å². The highest BCUT2D eigenvalue weighted by Crippen LogP contribution is 2.08. The van der Waals surface area contributed by atoms with E-state index < -0.39 is 0 Å². The smallest absolute Gasteiger partial charge is 0.0594 e. The van der Waals surface area contributed by atoms with Gasteiger partial charge >= 0.3 is 0 Å². The van der Waals surface area contributed by atoms with Crippen LogP contribution in [-0.2, 0) is 9.47 Å². The van der Waals surface area contributed by atoms with E-state index in [2.05, 4.69) is 21.6 Å². The molecule has 0 aromatic rings. The van der Waals surface area contributed by atoms with Crippen LogP contribution in [0.25, 0.3) is 0 Å². The van der Waals surface area contributed by atoms with Crippen molar-refractivity contribution in [1.29, 1.82) is 0 Å². The largest absolute Gasteiger partial charge is 0.380 e. The predicted molar refractivity (Wildman–Crippen MR) is 85.7 cm³/mol. The molecule has 2 rings (SSSR count). The van der Waals surface area contributed by atoms with Gasteiger partial charge in [-0.25, -0.2) is 0 Å². The highest BCUT2D eigenvalue weighted by atomic mass is 32.2. The van der Waals surface area contributed by atoms with Crippen molar-refractivity contribution >= 4 is 11.8 Å². The molecular formula is C15H30N2O2S. The van der Waals surface area contributed by atoms with E-state index in [1.165, 1.54) is 37.4 Å². The Kier molecular flexibility index (Phi) is 8.98. The summed E-state index contributed by atoms with van der Waals surface area (Å²) in [6, 6.07) is 0. The fourth-order valence-electron chi connectivity index (χ4n) is 2.73. The highest BCUT2D eigenvalue weighted by molar-refractivity contribution is 7.99. The number of ether oxygens (including phenoxy) is 2. The maximum Gasteiger partial charge on any atom is 0.0594 e. The van der Waals surface area contributed by atoms with Crippen LogP contribution in [-0.4, -0.2) is 87.0 Å². The minimum absolute atomic E-state index is 0.862. The maximum absolute atomic E-state index is 5.82. The zero-order valence-corrected chi connectivity index (χ0v) is 13.5. The van der Waals surface area contributed by atoms with Gasteiger partial charge in [-0.1, -0.05) is 0 Å². The van der Waals surface area contributed by atoms with E-state index in [4.69, 9.17) is 9.47 Å². The molecule has 2 fully saturated rings. The van der Waals surface area contributed by atoms with Crippen LogP contribution in [0.3, 0.4) is 0 Å². The van der Waals surface area contributed by atoms with Crippen molar-refractivity contribution < 1.29 is 9.47 Å². The molecule has 2 heterocycles. The first-order valence-electron chi connectivity index (χ1n) is 8.13. The van der Waals surface area contributed by atoms with Crippen molar-refractivity contribution in [3.05, 3.63) is 0 Å². The number of rotatable bonds is 0. The molecule has 0 N–H and O–H groups in total. The van der Waals surface area contributed by atoms with Crippen molar-refractivity contribution in [2.24, 2.45) is 0 Å². The molecule has 2 saturated heterocycles. The lowest BCUT2D eigenvalue weighted by Gasteiger charge is -2.23. The van der Waals surface area contributed by atoms with Crippen molar-refractivity contribution in [3.8, 4) is 0 Å². The quantitative estimate of drug-likeness (QED) is 0.632. The molecule has 0 amide bonds. The summed E-state index contributed by atoms with van der Waals surface area (Å²) in [4.78, 5) is 5.05. The summed E-state index contributed by atoms with van der Waals surface area (Å²) in [7, 11) is 0. The van der Waals surface area contributed by atoms with Crippen molar-refractivity contribution in [1.82, 2.24) is 9.80 Å². The zero-order valence-electron chi connectivity index (χ0n) is 12.7. The molecular weight excluding hydrogens is 272 g/mol. The number of fused-ring (bicyclic) bond motifs is 6. The van der Waals surface area contributed by atoms with Crippen LogP contribution in [0.15, 0.2) is 0 Å². The van der Waals surface area contributed by atoms with Gasteiger partial charge in [-0.05, 0) is 43.9 Å². The minimum atomic E-state index is 0.862. The monoisotopic (exact) mass is 302 g/mol. The van der Waals surface area contributed by atoms with Crippen LogP contribution < -0.4 is 0 Å². The predicted octanol–water partition coefficient (Wildman–Crippen LogP) is 1.55. The molecule has 0 radical (unpaired) electrons. The lowest BCUT2D eigenvalue weighted by molar-refractivity contribution is 0.0764. The summed E-state index contributed by atoms with van der Waals surface area (Å²) in [5.74, 6) is 2.59. The molecule has 2 unspecified atom stereocenters. The normalized spacial score (nSPS) is 32.4. The minimum Gasteiger partial charge on any atom is -0.380 e. The molecule has 2 aliphatic heterocycles. The van der Waals surface area contributed by atoms with Crippen molar-refractivity contribution in [2.45, 2.75) is 19.3 Å². The summed E-state index contributed by atoms with van der Waals surface area (Å²) in [6.45, 7) is 10.2. The molecule has 2 aliphatic rings. The van der Waals surface area contributed by atoms with Gasteiger partial charge in [-0.2, -0.15) is 11.8 Å². The Morgan fingerprint density at radius 2 is 1.05 bits per heavy atom. The van der Waals surface area contributed by atoms with Gasteiger partial charge in [-0.3, -0.25) is 4.90 Å². The Bertz CT molecular complexity index is 218. The third-order valence-corrected chi connectivity index (χ3v) is 5.10. The summed E-state index contributed by atoms with van der Waals surface area (Å²) in [5, 5.41) is 0. The topological polar surface area (TPSA) is 24.9 Å². The standard InChI is InChI=1S/C15H30N2O2S/c1-4-16-5-2-14-20-15-3-6-17(8-11-18-10-1)9-13-19-12-7-16/h1-15H2. The summed E-state index contributed by atoms with van der Waals surface area (Å²) in [5.41, 5.74) is 0. The van der Waals surface area contributed by atoms with E-state index in [-0.39, 0.29) is 0 Å². The molecule has 20 heavy (non-hydrogen) atoms. The zero-order chi connectivity index (χ0) is 13.9. The van der Waals surface area contributed by atoms with Crippen LogP contribution in [0.5, 0.6) is 0 Å². The molecule has 118 valence electrons. The summed E-state index contributed by atoms with van der Waals surface area (Å²) >= 11 is 2.12. The van der Waals surface area contributed by atoms with Crippen LogP contribution in [0.1, 0.15) is 19.3 Å². The lowest BCUT2D eigenvalue weighted by atomic mass is 10.3. The Hall–Kier alpha value is 0.190. The number of nitrogens with zero attached hydrogens (tertiary/aromatic N) is 2. The van der Waals surface area contributed by atoms with Gasteiger partial charge in [0, 0.05) is 32.8 Å². The van der Waals surface area contributed by atoms with E-state index in [9.17, 15) is 0 Å². The van der Waals surface area contributed by atoms with Crippen LogP contribution >= 0.6 is 11.8 Å². The summed E-state index contributed by atoms with van der Waals surface area (Å²) in [6.07, 6.45) is 3.73. The van der Waals surface area contributed by atoms with Gasteiger partial charge in [0.15, 0.2) is 0 Å². The average molecular weight is 302 g/mol. The van der Waals surface area contributed by atoms with E-state index >= 15 is 0 Å². The first-order valence-corrected chi connectivity index (χ1v) is 9.28. The highest BCUT2D eigenvalue weighted by Gasteiger charge is 2.09. The van der Waals surface area contributed by atoms with E-state index in [1.54, 1.807) is 0 Å². The fraction of sp³-hybridized carbons (Fsp3) is 1.00. The Balaban J connectivity index is 1.89. The fourth-order valence-corrected chi connectivity index (χ4v) is 3.60. The molecule has 2 atom stereocenters. The molecule has 0 spiro atoms. The third kappa shape index (κ3) is 7.27. The Morgan fingerprint density at radius 3 is 1.70 bits per heavy atom. The van der Waals surface area contributed by atoms with Crippen molar-refractivity contribution in [2.75, 3.05) is 77.2 Å². The number of hydrogen-bond donors (Lipinski definition) is 0. The van der Waals surface area contributed by atoms with Gasteiger partial charge in [0.1, 0.15) is 0 Å². The van der Waals surface area contributed by atoms with E-state index in [0.717, 1.165) is 59.0 Å². The molecule has 5 heteroatoms. The third-order valence-electron chi connectivity index (χ3n) is 3.94. The Morgan fingerprint density at radius 1 is 0.550 bits per heavy atom. The molecule has 0 saturated carbocycles. The molecule has 0 aliphatic carbocycles. The SMILES string of the molecule is C1COCCN2CCCSCCCN(C1)CCOCC2. The summed E-state index contributed by atoms with van der Waals surface area (Å²) < 4.78 is 11.6. The second-order valence-electron chi connectivity index (χ2n) is 5.58. The van der Waals surface area contributed by atoms with Gasteiger partial charge in [-0.15, -0.1) is 0 Å². The molecule has 4 nitrogen and oxygen atoms in total. The van der Waals surface area contributed by atoms with Crippen LogP contribution in [0.4, 0.5) is 0 Å². The maximum atomic E-state index is 5.82. The molecule has 2 bridgehead atoms. The van der Waals surface area contributed by atoms with Gasteiger partial charge in [0.05, 0.1) is 19.8 Å². The molecule has 0 aromatic carbocycles. The Labute approximate surface area is 128 Å². The molecule has 0 aromatic heterocycles. The first kappa shape index (κ1) is 16.6. The number of hydrogen-bond acceptors (Lipinski definition) is 5. The lowest BCUT2D eigenvalue weighted by Crippen LogP contribution is -2.33. The first-order chi connectivity index (χ1) is 9.95.